The lowest BCUT2D eigenvalue weighted by atomic mass is 9.85. The number of rotatable bonds is 10. The highest BCUT2D eigenvalue weighted by atomic mass is 127. The summed E-state index contributed by atoms with van der Waals surface area (Å²) in [4.78, 5) is 103. The van der Waals surface area contributed by atoms with E-state index in [9.17, 15) is 24.0 Å². The van der Waals surface area contributed by atoms with E-state index in [4.69, 9.17) is 23.7 Å². The highest BCUT2D eigenvalue weighted by Crippen LogP contribution is 2.43. The first-order valence-corrected chi connectivity index (χ1v) is 36.7. The van der Waals surface area contributed by atoms with Gasteiger partial charge in [0, 0.05) is 111 Å². The highest BCUT2D eigenvalue weighted by molar-refractivity contribution is 14.1. The van der Waals surface area contributed by atoms with Crippen molar-refractivity contribution in [3.8, 4) is 17.6 Å². The van der Waals surface area contributed by atoms with E-state index in [1.165, 1.54) is 39.5 Å². The van der Waals surface area contributed by atoms with Crippen molar-refractivity contribution in [3.05, 3.63) is 50.3 Å². The largest absolute Gasteiger partial charge is 0.474 e. The number of ether oxygens (including phenoxy) is 5. The van der Waals surface area contributed by atoms with Gasteiger partial charge in [0.25, 0.3) is 0 Å². The number of hydrogen-bond donors (Lipinski definition) is 0. The predicted molar refractivity (Wildman–Crippen MR) is 374 cm³/mol. The molecular formula is C68H99IN10O10S3. The molecule has 24 heteroatoms. The highest BCUT2D eigenvalue weighted by Gasteiger charge is 2.35. The number of aromatic nitrogens is 6. The van der Waals surface area contributed by atoms with Gasteiger partial charge in [-0.25, -0.2) is 34.7 Å². The first kappa shape index (κ1) is 73.8. The quantitative estimate of drug-likeness (QED) is 0.0706. The van der Waals surface area contributed by atoms with Crippen molar-refractivity contribution in [1.82, 2.24) is 49.5 Å². The maximum atomic E-state index is 12.4. The third-order valence-corrected chi connectivity index (χ3v) is 21.5. The molecule has 92 heavy (non-hydrogen) atoms. The van der Waals surface area contributed by atoms with Crippen LogP contribution in [-0.4, -0.2) is 146 Å². The summed E-state index contributed by atoms with van der Waals surface area (Å²) in [6.07, 6.45) is 20.9. The van der Waals surface area contributed by atoms with Crippen molar-refractivity contribution < 1.29 is 47.7 Å². The van der Waals surface area contributed by atoms with Crippen LogP contribution in [0.5, 0.6) is 17.6 Å². The van der Waals surface area contributed by atoms with Crippen LogP contribution in [0.15, 0.2) is 19.0 Å². The van der Waals surface area contributed by atoms with Crippen molar-refractivity contribution in [1.29, 1.82) is 0 Å². The molecule has 3 fully saturated rings. The summed E-state index contributed by atoms with van der Waals surface area (Å²) in [5.41, 5.74) is 2.52. The van der Waals surface area contributed by atoms with Crippen LogP contribution in [0.2, 0.25) is 0 Å². The van der Waals surface area contributed by atoms with Crippen LogP contribution in [0.4, 0.5) is 4.79 Å². The lowest BCUT2D eigenvalue weighted by Gasteiger charge is -2.35. The third kappa shape index (κ3) is 18.7. The summed E-state index contributed by atoms with van der Waals surface area (Å²) in [5.74, 6) is 3.34. The molecule has 6 aliphatic rings. The van der Waals surface area contributed by atoms with E-state index in [1.54, 1.807) is 78.7 Å². The molecule has 9 heterocycles. The summed E-state index contributed by atoms with van der Waals surface area (Å²) in [7, 11) is 1.81. The van der Waals surface area contributed by atoms with Gasteiger partial charge < -0.3 is 43.3 Å². The number of carbonyl (C=O) groups excluding carboxylic acids is 5. The van der Waals surface area contributed by atoms with Crippen LogP contribution in [0, 0.1) is 11.8 Å². The molecule has 20 nitrogen and oxygen atoms in total. The van der Waals surface area contributed by atoms with Crippen LogP contribution in [0.3, 0.4) is 0 Å². The van der Waals surface area contributed by atoms with E-state index in [0.29, 0.717) is 49.6 Å². The molecule has 0 saturated heterocycles. The summed E-state index contributed by atoms with van der Waals surface area (Å²) in [5, 5.41) is 2.95. The lowest BCUT2D eigenvalue weighted by Crippen LogP contribution is -2.43. The number of esters is 1. The smallest absolute Gasteiger partial charge is 0.410 e. The maximum Gasteiger partial charge on any atom is 0.410 e. The summed E-state index contributed by atoms with van der Waals surface area (Å²) in [6, 6.07) is 0.146. The topological polar surface area (TPSA) is 222 Å². The fraction of sp³-hybridized carbons (Fsp3) is 0.662. The Morgan fingerprint density at radius 2 is 0.837 bits per heavy atom. The van der Waals surface area contributed by atoms with Crippen molar-refractivity contribution in [2.75, 3.05) is 31.6 Å². The van der Waals surface area contributed by atoms with Gasteiger partial charge in [0.2, 0.25) is 35.4 Å². The van der Waals surface area contributed by atoms with E-state index >= 15 is 0 Å². The molecule has 6 aromatic rings. The lowest BCUT2D eigenvalue weighted by molar-refractivity contribution is -0.156. The minimum Gasteiger partial charge on any atom is -0.474 e. The molecule has 12 rings (SSSR count). The standard InChI is InChI=1S/C23H32N4O4S.C23H31N3O4S.C19H25N3O2S.CH3I.2CH4/c1-14(28)27-11-10-18-17(12-27)19-20(24-13-25-21(19)32-18)30-16-8-6-15(7-9-16)26(5)22(29)31-23(2,3)4;1-14(27)26-10-9-18-17(12-26)20-21(24-13-25-22(20)31-18)29-16-7-5-15(6-8-16)11-19(28)30-23(2,3)4;1-3-13-4-6-14(7-5-13)24-18-17-15-10-22(12(2)23)9-8-16(15)25-19(17)21-11-20-18;1-2;;/h13,15-16H,6-12H2,1-5H3;13,15-16H,5-12H2,1-4H3;11,13-14H,3-10H2,1-2H3;1H3;2*1H4. The molecule has 0 bridgehead atoms. The zero-order valence-corrected chi connectivity index (χ0v) is 59.2. The van der Waals surface area contributed by atoms with Gasteiger partial charge in [-0.3, -0.25) is 19.2 Å². The SMILES string of the molecule is C.C.CC(=O)N1CCc2sc3ncnc(OC4CCC(CC(=O)OC(C)(C)C)CC4)c3c2C1.CC(=O)N1CCc2sc3ncnc(OC4CCC(N(C)C(=O)OC(C)(C)C)CC4)c3c2C1.CCC1CCC(Oc2ncnc3sc4c(c23)CN(C(C)=O)CC4)CC1.CI. The number of alkyl halides is 1. The minimum atomic E-state index is -0.498. The Kier molecular flexibility index (Phi) is 26.2. The number of amides is 4. The molecule has 0 aromatic carbocycles. The van der Waals surface area contributed by atoms with Crippen LogP contribution >= 0.6 is 56.6 Å². The average molecular weight is 1440 g/mol. The van der Waals surface area contributed by atoms with Gasteiger partial charge in [-0.15, -0.1) is 34.0 Å². The fourth-order valence-electron chi connectivity index (χ4n) is 13.0. The molecule has 0 spiro atoms. The third-order valence-electron chi connectivity index (χ3n) is 17.9. The predicted octanol–water partition coefficient (Wildman–Crippen LogP) is 14.7. The molecule has 0 atom stereocenters. The van der Waals surface area contributed by atoms with Gasteiger partial charge in [0.1, 0.15) is 63.0 Å². The number of nitrogens with zero attached hydrogens (tertiary/aromatic N) is 10. The van der Waals surface area contributed by atoms with E-state index < -0.39 is 11.2 Å². The Balaban J connectivity index is 0.000000192. The van der Waals surface area contributed by atoms with E-state index in [2.05, 4.69) is 59.4 Å². The summed E-state index contributed by atoms with van der Waals surface area (Å²) in [6.45, 7) is 22.6. The zero-order chi connectivity index (χ0) is 64.6. The summed E-state index contributed by atoms with van der Waals surface area (Å²) >= 11 is 7.23. The number of fused-ring (bicyclic) bond motifs is 9. The number of hydrogen-bond acceptors (Lipinski definition) is 19. The Morgan fingerprint density at radius 3 is 1.15 bits per heavy atom. The molecule has 0 radical (unpaired) electrons. The number of thiophene rings is 3. The van der Waals surface area contributed by atoms with Crippen LogP contribution in [-0.2, 0) is 67.5 Å². The van der Waals surface area contributed by atoms with Crippen LogP contribution < -0.4 is 14.2 Å². The minimum absolute atomic E-state index is 0. The number of carbonyl (C=O) groups is 5. The molecule has 4 amide bonds. The molecule has 6 aromatic heterocycles. The average Bonchev–Trinajstić information content (AvgIpc) is 1.63. The van der Waals surface area contributed by atoms with Crippen molar-refractivity contribution >= 4 is 117 Å². The van der Waals surface area contributed by atoms with Crippen molar-refractivity contribution in [3.63, 3.8) is 0 Å². The Labute approximate surface area is 570 Å². The Bertz CT molecular complexity index is 3480. The van der Waals surface area contributed by atoms with Gasteiger partial charge >= 0.3 is 12.1 Å². The molecule has 506 valence electrons. The van der Waals surface area contributed by atoms with Gasteiger partial charge in [0.15, 0.2) is 0 Å². The molecular weight excluding hydrogens is 1340 g/mol. The van der Waals surface area contributed by atoms with Gasteiger partial charge in [-0.1, -0.05) is 50.8 Å². The number of halogens is 1. The Hall–Kier alpha value is -5.60. The molecule has 3 saturated carbocycles. The normalized spacial score (nSPS) is 21.1. The second-order valence-electron chi connectivity index (χ2n) is 26.5. The molecule has 0 N–H and O–H groups in total. The zero-order valence-electron chi connectivity index (χ0n) is 54.6. The van der Waals surface area contributed by atoms with E-state index in [0.717, 1.165) is 151 Å². The van der Waals surface area contributed by atoms with Gasteiger partial charge in [-0.2, -0.15) is 0 Å². The molecule has 3 aliphatic carbocycles. The first-order valence-electron chi connectivity index (χ1n) is 32.0. The monoisotopic (exact) mass is 1440 g/mol. The Morgan fingerprint density at radius 1 is 0.511 bits per heavy atom. The van der Waals surface area contributed by atoms with E-state index in [1.807, 2.05) is 68.2 Å². The first-order chi connectivity index (χ1) is 43.0. The van der Waals surface area contributed by atoms with E-state index in [-0.39, 0.29) is 69.0 Å². The molecule has 0 unspecified atom stereocenters. The van der Waals surface area contributed by atoms with Gasteiger partial charge in [-0.05, 0) is 155 Å². The van der Waals surface area contributed by atoms with Crippen molar-refractivity contribution in [2.24, 2.45) is 11.8 Å². The van der Waals surface area contributed by atoms with Crippen molar-refractivity contribution in [2.45, 2.75) is 248 Å². The van der Waals surface area contributed by atoms with Crippen LogP contribution in [0.1, 0.15) is 205 Å². The van der Waals surface area contributed by atoms with Gasteiger partial charge in [0.05, 0.1) is 16.2 Å². The second kappa shape index (κ2) is 32.7. The maximum absolute atomic E-state index is 12.4. The molecule has 3 aliphatic heterocycles. The summed E-state index contributed by atoms with van der Waals surface area (Å²) < 4.78 is 30.0. The fourth-order valence-corrected chi connectivity index (χ4v) is 16.3. The van der Waals surface area contributed by atoms with Crippen LogP contribution in [0.25, 0.3) is 30.6 Å². The second-order valence-corrected chi connectivity index (χ2v) is 29.8.